The van der Waals surface area contributed by atoms with Crippen molar-refractivity contribution in [3.05, 3.63) is 0 Å². The largest absolute Gasteiger partial charge is 0.378 e. The van der Waals surface area contributed by atoms with Crippen molar-refractivity contribution in [1.29, 1.82) is 0 Å². The van der Waals surface area contributed by atoms with Crippen LogP contribution in [0.25, 0.3) is 0 Å². The molecule has 0 saturated heterocycles. The molecule has 0 heterocycles. The number of unbranched alkanes of at least 4 members (excludes halogenated alkanes) is 1. The summed E-state index contributed by atoms with van der Waals surface area (Å²) in [6.45, 7) is 5.33. The molecule has 0 unspecified atom stereocenters. The second-order valence-corrected chi connectivity index (χ2v) is 5.84. The lowest BCUT2D eigenvalue weighted by Gasteiger charge is -2.29. The Balaban J connectivity index is 2.00. The van der Waals surface area contributed by atoms with E-state index in [0.717, 1.165) is 31.4 Å². The van der Waals surface area contributed by atoms with E-state index in [1.165, 1.54) is 51.4 Å². The predicted octanol–water partition coefficient (Wildman–Crippen LogP) is 3.66. The van der Waals surface area contributed by atoms with Gasteiger partial charge in [-0.05, 0) is 44.6 Å². The maximum absolute atomic E-state index is 6.09. The zero-order chi connectivity index (χ0) is 13.1. The zero-order valence-corrected chi connectivity index (χ0v) is 12.9. The van der Waals surface area contributed by atoms with E-state index in [4.69, 9.17) is 4.74 Å². The van der Waals surface area contributed by atoms with Gasteiger partial charge in [-0.25, -0.2) is 0 Å². The van der Waals surface area contributed by atoms with Crippen molar-refractivity contribution in [2.45, 2.75) is 64.4 Å². The molecule has 1 fully saturated rings. The number of nitrogens with one attached hydrogen (secondary N) is 1. The molecule has 0 amide bonds. The Kier molecular flexibility index (Phi) is 10.1. The van der Waals surface area contributed by atoms with Crippen molar-refractivity contribution in [2.24, 2.45) is 5.92 Å². The number of ether oxygens (including phenoxy) is 1. The summed E-state index contributed by atoms with van der Waals surface area (Å²) in [4.78, 5) is 0. The minimum absolute atomic E-state index is 0.524. The van der Waals surface area contributed by atoms with Crippen molar-refractivity contribution in [1.82, 2.24) is 5.32 Å². The van der Waals surface area contributed by atoms with E-state index >= 15 is 0 Å². The molecule has 1 rings (SSSR count). The topological polar surface area (TPSA) is 21.3 Å². The molecule has 1 N–H and O–H groups in total. The van der Waals surface area contributed by atoms with Crippen LogP contribution in [0.2, 0.25) is 0 Å². The first kappa shape index (κ1) is 16.3. The Morgan fingerprint density at radius 1 is 1.17 bits per heavy atom. The van der Waals surface area contributed by atoms with Gasteiger partial charge in [0.25, 0.3) is 0 Å². The van der Waals surface area contributed by atoms with E-state index in [0.29, 0.717) is 6.10 Å². The normalized spacial score (nSPS) is 19.0. The molecule has 2 nitrogen and oxygen atoms in total. The van der Waals surface area contributed by atoms with E-state index in [-0.39, 0.29) is 0 Å². The summed E-state index contributed by atoms with van der Waals surface area (Å²) in [7, 11) is 0. The van der Waals surface area contributed by atoms with Crippen LogP contribution in [0.15, 0.2) is 0 Å². The maximum atomic E-state index is 6.09. The van der Waals surface area contributed by atoms with Gasteiger partial charge in [0.05, 0.1) is 6.10 Å². The highest BCUT2D eigenvalue weighted by atomic mass is 32.1. The van der Waals surface area contributed by atoms with Crippen LogP contribution in [0, 0.1) is 5.92 Å². The molecule has 1 aliphatic carbocycles. The summed E-state index contributed by atoms with van der Waals surface area (Å²) >= 11 is 4.17. The van der Waals surface area contributed by atoms with Crippen LogP contribution in [-0.4, -0.2) is 31.6 Å². The monoisotopic (exact) mass is 273 g/mol. The smallest absolute Gasteiger partial charge is 0.0600 e. The first-order chi connectivity index (χ1) is 8.88. The van der Waals surface area contributed by atoms with Gasteiger partial charge in [0, 0.05) is 18.9 Å². The van der Waals surface area contributed by atoms with Gasteiger partial charge in [0.15, 0.2) is 0 Å². The van der Waals surface area contributed by atoms with Crippen LogP contribution < -0.4 is 5.32 Å². The molecule has 0 aromatic rings. The third kappa shape index (κ3) is 7.01. The lowest BCUT2D eigenvalue weighted by atomic mass is 9.84. The quantitative estimate of drug-likeness (QED) is 0.468. The van der Waals surface area contributed by atoms with Crippen molar-refractivity contribution in [3.63, 3.8) is 0 Å². The number of thiol groups is 1. The van der Waals surface area contributed by atoms with E-state index in [9.17, 15) is 0 Å². The standard InChI is InChI=1S/C15H31NOS/c1-2-15(14-8-4-3-5-9-14)17-12-7-6-10-16-11-13-18/h14-16,18H,2-13H2,1H3/t15-/m0/s1. The van der Waals surface area contributed by atoms with Gasteiger partial charge >= 0.3 is 0 Å². The first-order valence-corrected chi connectivity index (χ1v) is 8.45. The summed E-state index contributed by atoms with van der Waals surface area (Å²) < 4.78 is 6.09. The van der Waals surface area contributed by atoms with Crippen molar-refractivity contribution < 1.29 is 4.74 Å². The van der Waals surface area contributed by atoms with Gasteiger partial charge in [0.1, 0.15) is 0 Å². The van der Waals surface area contributed by atoms with Crippen LogP contribution in [0.3, 0.4) is 0 Å². The lowest BCUT2D eigenvalue weighted by Crippen LogP contribution is -2.26. The molecule has 108 valence electrons. The van der Waals surface area contributed by atoms with E-state index in [1.54, 1.807) is 0 Å². The SMILES string of the molecule is CC[C@H](OCCCCNCCS)C1CCCCC1. The molecule has 1 saturated carbocycles. The number of hydrogen-bond donors (Lipinski definition) is 2. The van der Waals surface area contributed by atoms with E-state index < -0.39 is 0 Å². The summed E-state index contributed by atoms with van der Waals surface area (Å²) in [5.74, 6) is 1.77. The molecule has 0 radical (unpaired) electrons. The third-order valence-electron chi connectivity index (χ3n) is 3.95. The molecule has 0 bridgehead atoms. The molecular weight excluding hydrogens is 242 g/mol. The Hall–Kier alpha value is 0.270. The zero-order valence-electron chi connectivity index (χ0n) is 12.0. The van der Waals surface area contributed by atoms with E-state index in [2.05, 4.69) is 24.9 Å². The van der Waals surface area contributed by atoms with Gasteiger partial charge in [-0.2, -0.15) is 12.6 Å². The van der Waals surface area contributed by atoms with Crippen LogP contribution in [0.4, 0.5) is 0 Å². The average molecular weight is 273 g/mol. The molecule has 0 aromatic carbocycles. The molecular formula is C15H31NOS. The summed E-state index contributed by atoms with van der Waals surface area (Å²) in [5.41, 5.74) is 0. The molecule has 0 spiro atoms. The Labute approximate surface area is 119 Å². The van der Waals surface area contributed by atoms with Crippen molar-refractivity contribution in [3.8, 4) is 0 Å². The average Bonchev–Trinajstić information content (AvgIpc) is 2.43. The van der Waals surface area contributed by atoms with Gasteiger partial charge < -0.3 is 10.1 Å². The van der Waals surface area contributed by atoms with Crippen LogP contribution in [0.1, 0.15) is 58.3 Å². The predicted molar refractivity (Wildman–Crippen MR) is 82.6 cm³/mol. The highest BCUT2D eigenvalue weighted by Gasteiger charge is 2.22. The Bertz CT molecular complexity index is 183. The Morgan fingerprint density at radius 3 is 2.61 bits per heavy atom. The summed E-state index contributed by atoms with van der Waals surface area (Å²) in [6.07, 6.45) is 11.2. The van der Waals surface area contributed by atoms with Gasteiger partial charge in [0.2, 0.25) is 0 Å². The lowest BCUT2D eigenvalue weighted by molar-refractivity contribution is -0.00329. The fourth-order valence-electron chi connectivity index (χ4n) is 2.88. The highest BCUT2D eigenvalue weighted by Crippen LogP contribution is 2.29. The molecule has 0 aromatic heterocycles. The van der Waals surface area contributed by atoms with Crippen LogP contribution in [-0.2, 0) is 4.74 Å². The van der Waals surface area contributed by atoms with Crippen LogP contribution in [0.5, 0.6) is 0 Å². The maximum Gasteiger partial charge on any atom is 0.0600 e. The second kappa shape index (κ2) is 11.1. The highest BCUT2D eigenvalue weighted by molar-refractivity contribution is 7.80. The molecule has 0 aliphatic heterocycles. The molecule has 1 atom stereocenters. The summed E-state index contributed by atoms with van der Waals surface area (Å²) in [5, 5.41) is 3.37. The Morgan fingerprint density at radius 2 is 1.94 bits per heavy atom. The van der Waals surface area contributed by atoms with Crippen molar-refractivity contribution >= 4 is 12.6 Å². The van der Waals surface area contributed by atoms with E-state index in [1.807, 2.05) is 0 Å². The fourth-order valence-corrected chi connectivity index (χ4v) is 3.04. The number of rotatable bonds is 10. The molecule has 1 aliphatic rings. The second-order valence-electron chi connectivity index (χ2n) is 5.40. The first-order valence-electron chi connectivity index (χ1n) is 7.81. The third-order valence-corrected chi connectivity index (χ3v) is 4.17. The summed E-state index contributed by atoms with van der Waals surface area (Å²) in [6, 6.07) is 0. The minimum Gasteiger partial charge on any atom is -0.378 e. The number of hydrogen-bond acceptors (Lipinski definition) is 3. The minimum atomic E-state index is 0.524. The van der Waals surface area contributed by atoms with Crippen LogP contribution >= 0.6 is 12.6 Å². The van der Waals surface area contributed by atoms with Gasteiger partial charge in [-0.15, -0.1) is 0 Å². The van der Waals surface area contributed by atoms with Gasteiger partial charge in [-0.1, -0.05) is 26.2 Å². The fraction of sp³-hybridized carbons (Fsp3) is 1.00. The molecule has 3 heteroatoms. The molecule has 18 heavy (non-hydrogen) atoms. The van der Waals surface area contributed by atoms with Crippen molar-refractivity contribution in [2.75, 3.05) is 25.4 Å². The van der Waals surface area contributed by atoms with Gasteiger partial charge in [-0.3, -0.25) is 0 Å².